The number of hydrogen-bond donors (Lipinski definition) is 0. The van der Waals surface area contributed by atoms with Crippen molar-refractivity contribution in [3.8, 4) is 0 Å². The lowest BCUT2D eigenvalue weighted by Gasteiger charge is -2.09. The van der Waals surface area contributed by atoms with E-state index in [9.17, 15) is 12.8 Å². The lowest BCUT2D eigenvalue weighted by molar-refractivity contribution is 0.231. The molecule has 0 saturated carbocycles. The molecule has 1 atom stereocenters. The molecule has 0 aliphatic carbocycles. The molecule has 18 heavy (non-hydrogen) atoms. The predicted octanol–water partition coefficient (Wildman–Crippen LogP) is 1.38. The van der Waals surface area contributed by atoms with Crippen molar-refractivity contribution in [2.45, 2.75) is 19.4 Å². The van der Waals surface area contributed by atoms with E-state index in [0.29, 0.717) is 12.1 Å². The number of rotatable bonds is 4. The summed E-state index contributed by atoms with van der Waals surface area (Å²) in [5.74, 6) is -0.355. The van der Waals surface area contributed by atoms with E-state index in [0.717, 1.165) is 11.8 Å². The van der Waals surface area contributed by atoms with Gasteiger partial charge in [-0.05, 0) is 19.1 Å². The van der Waals surface area contributed by atoms with Gasteiger partial charge in [-0.3, -0.25) is 4.18 Å². The van der Waals surface area contributed by atoms with Crippen molar-refractivity contribution in [3.63, 3.8) is 0 Å². The lowest BCUT2D eigenvalue weighted by atomic mass is 10.2. The Morgan fingerprint density at radius 3 is 2.89 bits per heavy atom. The molecular formula is C11H13FN2O3S. The van der Waals surface area contributed by atoms with Crippen molar-refractivity contribution < 1.29 is 17.0 Å². The normalized spacial score (nSPS) is 13.9. The summed E-state index contributed by atoms with van der Waals surface area (Å²) in [7, 11) is -3.48. The second-order valence-corrected chi connectivity index (χ2v) is 5.75. The molecule has 0 aliphatic rings. The van der Waals surface area contributed by atoms with E-state index in [4.69, 9.17) is 4.18 Å². The Balaban J connectivity index is 2.22. The first-order valence-electron chi connectivity index (χ1n) is 5.34. The van der Waals surface area contributed by atoms with Crippen molar-refractivity contribution in [1.29, 1.82) is 0 Å². The summed E-state index contributed by atoms with van der Waals surface area (Å²) in [6, 6.07) is 2.94. The van der Waals surface area contributed by atoms with E-state index >= 15 is 0 Å². The smallest absolute Gasteiger partial charge is 0.264 e. The van der Waals surface area contributed by atoms with Crippen molar-refractivity contribution >= 4 is 15.6 Å². The van der Waals surface area contributed by atoms with Crippen LogP contribution in [0.15, 0.2) is 24.7 Å². The number of halogens is 1. The highest BCUT2D eigenvalue weighted by molar-refractivity contribution is 7.86. The fourth-order valence-electron chi connectivity index (χ4n) is 1.79. The van der Waals surface area contributed by atoms with E-state index in [1.807, 2.05) is 0 Å². The van der Waals surface area contributed by atoms with E-state index in [-0.39, 0.29) is 5.82 Å². The van der Waals surface area contributed by atoms with Gasteiger partial charge in [0.25, 0.3) is 10.1 Å². The topological polar surface area (TPSA) is 60.7 Å². The van der Waals surface area contributed by atoms with Crippen LogP contribution in [0.4, 0.5) is 4.39 Å². The summed E-state index contributed by atoms with van der Waals surface area (Å²) in [5.41, 5.74) is 1.41. The van der Waals surface area contributed by atoms with Crippen molar-refractivity contribution in [3.05, 3.63) is 36.2 Å². The Morgan fingerprint density at radius 2 is 2.22 bits per heavy atom. The van der Waals surface area contributed by atoms with Crippen LogP contribution in [0.25, 0.3) is 5.52 Å². The first-order valence-corrected chi connectivity index (χ1v) is 7.16. The van der Waals surface area contributed by atoms with Gasteiger partial charge in [0.15, 0.2) is 0 Å². The molecule has 0 bridgehead atoms. The molecule has 0 amide bonds. The highest BCUT2D eigenvalue weighted by Gasteiger charge is 2.14. The SMILES string of the molecule is CC(Cc1ncn2cc(F)ccc12)OS(C)(=O)=O. The van der Waals surface area contributed by atoms with Crippen LogP contribution in [-0.4, -0.2) is 30.2 Å². The fraction of sp³-hybridized carbons (Fsp3) is 0.364. The summed E-state index contributed by atoms with van der Waals surface area (Å²) in [6.45, 7) is 1.65. The van der Waals surface area contributed by atoms with Crippen molar-refractivity contribution in [2.24, 2.45) is 0 Å². The molecule has 7 heteroatoms. The largest absolute Gasteiger partial charge is 0.303 e. The van der Waals surface area contributed by atoms with Gasteiger partial charge in [-0.1, -0.05) is 0 Å². The Hall–Kier alpha value is -1.47. The van der Waals surface area contributed by atoms with Crippen LogP contribution in [-0.2, 0) is 20.7 Å². The molecule has 0 aliphatic heterocycles. The minimum Gasteiger partial charge on any atom is -0.303 e. The monoisotopic (exact) mass is 272 g/mol. The fourth-order valence-corrected chi connectivity index (χ4v) is 2.46. The molecule has 0 aromatic carbocycles. The summed E-state index contributed by atoms with van der Waals surface area (Å²) >= 11 is 0. The third-order valence-electron chi connectivity index (χ3n) is 2.39. The van der Waals surface area contributed by atoms with Gasteiger partial charge in [-0.2, -0.15) is 8.42 Å². The highest BCUT2D eigenvalue weighted by Crippen LogP contribution is 2.14. The summed E-state index contributed by atoms with van der Waals surface area (Å²) in [6.07, 6.45) is 3.64. The third kappa shape index (κ3) is 3.05. The van der Waals surface area contributed by atoms with Crippen LogP contribution in [0, 0.1) is 5.82 Å². The zero-order valence-electron chi connectivity index (χ0n) is 10.00. The Kier molecular flexibility index (Phi) is 3.36. The molecule has 2 aromatic heterocycles. The Labute approximate surface area is 104 Å². The second-order valence-electron chi connectivity index (χ2n) is 4.15. The first kappa shape index (κ1) is 13.0. The van der Waals surface area contributed by atoms with E-state index in [1.165, 1.54) is 18.6 Å². The quantitative estimate of drug-likeness (QED) is 0.789. The van der Waals surface area contributed by atoms with E-state index in [2.05, 4.69) is 4.98 Å². The molecular weight excluding hydrogens is 259 g/mol. The summed E-state index contributed by atoms with van der Waals surface area (Å²) in [4.78, 5) is 4.13. The maximum atomic E-state index is 13.0. The first-order chi connectivity index (χ1) is 8.35. The molecule has 2 rings (SSSR count). The Morgan fingerprint density at radius 1 is 1.50 bits per heavy atom. The number of fused-ring (bicyclic) bond motifs is 1. The minimum atomic E-state index is -3.48. The van der Waals surface area contributed by atoms with E-state index < -0.39 is 16.2 Å². The molecule has 5 nitrogen and oxygen atoms in total. The molecule has 98 valence electrons. The molecule has 1 unspecified atom stereocenters. The van der Waals surface area contributed by atoms with Crippen LogP contribution >= 0.6 is 0 Å². The van der Waals surface area contributed by atoms with Gasteiger partial charge in [-0.15, -0.1) is 0 Å². The molecule has 0 fully saturated rings. The van der Waals surface area contributed by atoms with Gasteiger partial charge < -0.3 is 4.40 Å². The van der Waals surface area contributed by atoms with E-state index in [1.54, 1.807) is 17.4 Å². The zero-order valence-corrected chi connectivity index (χ0v) is 10.8. The zero-order chi connectivity index (χ0) is 13.3. The number of imidazole rings is 1. The third-order valence-corrected chi connectivity index (χ3v) is 3.07. The molecule has 0 spiro atoms. The van der Waals surface area contributed by atoms with Gasteiger partial charge in [0.05, 0.1) is 29.9 Å². The van der Waals surface area contributed by atoms with Crippen LogP contribution in [0.1, 0.15) is 12.6 Å². The maximum Gasteiger partial charge on any atom is 0.264 e. The van der Waals surface area contributed by atoms with Gasteiger partial charge in [-0.25, -0.2) is 9.37 Å². The lowest BCUT2D eigenvalue weighted by Crippen LogP contribution is -2.16. The average Bonchev–Trinajstić information content (AvgIpc) is 2.57. The molecule has 2 aromatic rings. The second kappa shape index (κ2) is 4.66. The maximum absolute atomic E-state index is 13.0. The van der Waals surface area contributed by atoms with Gasteiger partial charge in [0, 0.05) is 12.6 Å². The minimum absolute atomic E-state index is 0.342. The highest BCUT2D eigenvalue weighted by atomic mass is 32.2. The molecule has 2 heterocycles. The van der Waals surface area contributed by atoms with Gasteiger partial charge in [0.2, 0.25) is 0 Å². The van der Waals surface area contributed by atoms with Crippen LogP contribution in [0.5, 0.6) is 0 Å². The molecule has 0 saturated heterocycles. The van der Waals surface area contributed by atoms with Crippen LogP contribution in [0.3, 0.4) is 0 Å². The number of nitrogens with zero attached hydrogens (tertiary/aromatic N) is 2. The summed E-state index contributed by atoms with van der Waals surface area (Å²) in [5, 5.41) is 0. The Bertz CT molecular complexity index is 666. The van der Waals surface area contributed by atoms with Gasteiger partial charge in [0.1, 0.15) is 5.82 Å². The number of hydrogen-bond acceptors (Lipinski definition) is 4. The number of pyridine rings is 1. The number of aromatic nitrogens is 2. The van der Waals surface area contributed by atoms with Crippen molar-refractivity contribution in [1.82, 2.24) is 9.38 Å². The van der Waals surface area contributed by atoms with Gasteiger partial charge >= 0.3 is 0 Å². The standard InChI is InChI=1S/C11H13FN2O3S/c1-8(17-18(2,15)16)5-10-11-4-3-9(12)6-14(11)7-13-10/h3-4,6-8H,5H2,1-2H3. The predicted molar refractivity (Wildman–Crippen MR) is 64.2 cm³/mol. The van der Waals surface area contributed by atoms with Crippen LogP contribution < -0.4 is 0 Å². The van der Waals surface area contributed by atoms with Crippen molar-refractivity contribution in [2.75, 3.05) is 6.26 Å². The average molecular weight is 272 g/mol. The summed E-state index contributed by atoms with van der Waals surface area (Å²) < 4.78 is 41.3. The molecule has 0 radical (unpaired) electrons. The molecule has 0 N–H and O–H groups in total. The van der Waals surface area contributed by atoms with Crippen LogP contribution in [0.2, 0.25) is 0 Å².